The Bertz CT molecular complexity index is 1350. The van der Waals surface area contributed by atoms with Gasteiger partial charge in [0.2, 0.25) is 0 Å². The van der Waals surface area contributed by atoms with E-state index in [1.807, 2.05) is 42.0 Å². The summed E-state index contributed by atoms with van der Waals surface area (Å²) in [6.45, 7) is 8.20. The van der Waals surface area contributed by atoms with E-state index in [4.69, 9.17) is 0 Å². The fourth-order valence-corrected chi connectivity index (χ4v) is 4.15. The monoisotopic (exact) mass is 416 g/mol. The highest BCUT2D eigenvalue weighted by atomic mass is 16.2. The fraction of sp³-hybridized carbons (Fsp3) is 0.280. The first-order valence-electron chi connectivity index (χ1n) is 10.6. The van der Waals surface area contributed by atoms with Crippen molar-refractivity contribution in [3.05, 3.63) is 81.1 Å². The van der Waals surface area contributed by atoms with Gasteiger partial charge in [0.05, 0.1) is 16.6 Å². The molecule has 0 bridgehead atoms. The second kappa shape index (κ2) is 7.95. The molecule has 0 atom stereocenters. The van der Waals surface area contributed by atoms with Crippen molar-refractivity contribution in [1.82, 2.24) is 13.7 Å². The summed E-state index contributed by atoms with van der Waals surface area (Å²) in [4.78, 5) is 28.0. The van der Waals surface area contributed by atoms with Crippen molar-refractivity contribution in [2.24, 2.45) is 14.1 Å². The molecule has 0 aliphatic rings. The van der Waals surface area contributed by atoms with Crippen LogP contribution in [-0.2, 0) is 14.1 Å². The van der Waals surface area contributed by atoms with Crippen LogP contribution in [0, 0.1) is 6.92 Å². The molecular formula is C25H28N4O2. The summed E-state index contributed by atoms with van der Waals surface area (Å²) in [5, 5.41) is 0.543. The maximum Gasteiger partial charge on any atom is 0.330 e. The van der Waals surface area contributed by atoms with E-state index in [-0.39, 0.29) is 11.2 Å². The van der Waals surface area contributed by atoms with E-state index in [9.17, 15) is 9.59 Å². The van der Waals surface area contributed by atoms with Crippen LogP contribution in [0.25, 0.3) is 27.8 Å². The number of nitrogens with zero attached hydrogens (tertiary/aromatic N) is 4. The first-order chi connectivity index (χ1) is 14.9. The first-order valence-corrected chi connectivity index (χ1v) is 10.6. The van der Waals surface area contributed by atoms with Gasteiger partial charge in [0.25, 0.3) is 5.56 Å². The Morgan fingerprint density at radius 3 is 2.03 bits per heavy atom. The van der Waals surface area contributed by atoms with Gasteiger partial charge >= 0.3 is 5.69 Å². The Kier molecular flexibility index (Phi) is 5.31. The van der Waals surface area contributed by atoms with E-state index in [0.29, 0.717) is 10.9 Å². The predicted octanol–water partition coefficient (Wildman–Crippen LogP) is 3.85. The summed E-state index contributed by atoms with van der Waals surface area (Å²) in [7, 11) is 3.23. The SMILES string of the molecule is CCN(CC)c1ccc(-n2cc3c(c2-c2ccc(C)cc2)c(=O)n(C)c(=O)n3C)cc1. The Hall–Kier alpha value is -3.54. The lowest BCUT2D eigenvalue weighted by Gasteiger charge is -2.21. The fourth-order valence-electron chi connectivity index (χ4n) is 4.15. The highest BCUT2D eigenvalue weighted by Gasteiger charge is 2.20. The second-order valence-electron chi connectivity index (χ2n) is 7.87. The highest BCUT2D eigenvalue weighted by molar-refractivity contribution is 5.94. The van der Waals surface area contributed by atoms with Gasteiger partial charge in [-0.3, -0.25) is 13.9 Å². The molecule has 0 amide bonds. The molecule has 160 valence electrons. The number of benzene rings is 2. The molecular weight excluding hydrogens is 388 g/mol. The number of hydrogen-bond acceptors (Lipinski definition) is 3. The topological polar surface area (TPSA) is 52.2 Å². The number of anilines is 1. The van der Waals surface area contributed by atoms with Crippen molar-refractivity contribution in [2.45, 2.75) is 20.8 Å². The standard InChI is InChI=1S/C25H28N4O2/c1-6-28(7-2)19-12-14-20(15-13-19)29-16-21-22(24(30)27(5)25(31)26(21)4)23(29)18-10-8-17(3)9-11-18/h8-16H,6-7H2,1-5H3. The van der Waals surface area contributed by atoms with Gasteiger partial charge in [-0.15, -0.1) is 0 Å². The normalized spacial score (nSPS) is 11.3. The van der Waals surface area contributed by atoms with E-state index >= 15 is 0 Å². The van der Waals surface area contributed by atoms with Crippen LogP contribution in [0.1, 0.15) is 19.4 Å². The molecule has 0 N–H and O–H groups in total. The van der Waals surface area contributed by atoms with Crippen molar-refractivity contribution < 1.29 is 0 Å². The third kappa shape index (κ3) is 3.38. The van der Waals surface area contributed by atoms with E-state index in [1.54, 1.807) is 7.05 Å². The summed E-state index contributed by atoms with van der Waals surface area (Å²) < 4.78 is 4.73. The van der Waals surface area contributed by atoms with Gasteiger partial charge in [-0.2, -0.15) is 0 Å². The zero-order chi connectivity index (χ0) is 22.3. The zero-order valence-electron chi connectivity index (χ0n) is 18.7. The molecule has 6 heteroatoms. The molecule has 0 unspecified atom stereocenters. The van der Waals surface area contributed by atoms with E-state index in [2.05, 4.69) is 43.0 Å². The smallest absolute Gasteiger partial charge is 0.330 e. The van der Waals surface area contributed by atoms with E-state index in [1.165, 1.54) is 16.2 Å². The summed E-state index contributed by atoms with van der Waals surface area (Å²) in [5.41, 5.74) is 4.98. The molecule has 2 heterocycles. The largest absolute Gasteiger partial charge is 0.372 e. The molecule has 0 saturated carbocycles. The number of fused-ring (bicyclic) bond motifs is 1. The predicted molar refractivity (Wildman–Crippen MR) is 127 cm³/mol. The molecule has 2 aromatic heterocycles. The second-order valence-corrected chi connectivity index (χ2v) is 7.87. The van der Waals surface area contributed by atoms with Gasteiger partial charge in [0.1, 0.15) is 0 Å². The number of hydrogen-bond donors (Lipinski definition) is 0. The third-order valence-corrected chi connectivity index (χ3v) is 6.02. The lowest BCUT2D eigenvalue weighted by Crippen LogP contribution is -2.36. The third-order valence-electron chi connectivity index (χ3n) is 6.02. The van der Waals surface area contributed by atoms with Crippen LogP contribution < -0.4 is 16.1 Å². The van der Waals surface area contributed by atoms with Crippen molar-refractivity contribution in [2.75, 3.05) is 18.0 Å². The Balaban J connectivity index is 2.03. The van der Waals surface area contributed by atoms with Crippen LogP contribution in [0.5, 0.6) is 0 Å². The maximum absolute atomic E-state index is 13.2. The minimum Gasteiger partial charge on any atom is -0.372 e. The van der Waals surface area contributed by atoms with Gasteiger partial charge in [-0.25, -0.2) is 4.79 Å². The minimum atomic E-state index is -0.331. The lowest BCUT2D eigenvalue weighted by atomic mass is 10.1. The van der Waals surface area contributed by atoms with Gasteiger partial charge in [-0.05, 0) is 50.6 Å². The molecule has 2 aromatic carbocycles. The van der Waals surface area contributed by atoms with Crippen molar-refractivity contribution in [3.8, 4) is 16.9 Å². The van der Waals surface area contributed by atoms with E-state index < -0.39 is 0 Å². The minimum absolute atomic E-state index is 0.285. The lowest BCUT2D eigenvalue weighted by molar-refractivity contribution is 0.714. The van der Waals surface area contributed by atoms with Crippen molar-refractivity contribution in [3.63, 3.8) is 0 Å². The number of rotatable bonds is 5. The van der Waals surface area contributed by atoms with Crippen LogP contribution in [0.2, 0.25) is 0 Å². The Labute approximate surface area is 181 Å². The quantitative estimate of drug-likeness (QED) is 0.497. The summed E-state index contributed by atoms with van der Waals surface area (Å²) in [6, 6.07) is 16.4. The summed E-state index contributed by atoms with van der Waals surface area (Å²) in [6.07, 6.45) is 1.89. The Morgan fingerprint density at radius 1 is 0.839 bits per heavy atom. The number of aryl methyl sites for hydroxylation is 2. The molecule has 0 spiro atoms. The van der Waals surface area contributed by atoms with Gasteiger partial charge < -0.3 is 9.47 Å². The molecule has 4 rings (SSSR count). The maximum atomic E-state index is 13.2. The zero-order valence-corrected chi connectivity index (χ0v) is 18.7. The highest BCUT2D eigenvalue weighted by Crippen LogP contribution is 2.31. The van der Waals surface area contributed by atoms with Crippen LogP contribution >= 0.6 is 0 Å². The molecule has 31 heavy (non-hydrogen) atoms. The molecule has 0 aliphatic carbocycles. The average molecular weight is 417 g/mol. The number of aromatic nitrogens is 3. The van der Waals surface area contributed by atoms with Gasteiger partial charge in [-0.1, -0.05) is 29.8 Å². The van der Waals surface area contributed by atoms with Gasteiger partial charge in [0.15, 0.2) is 0 Å². The van der Waals surface area contributed by atoms with Crippen LogP contribution in [0.15, 0.2) is 64.3 Å². The molecule has 0 aliphatic heterocycles. The van der Waals surface area contributed by atoms with Crippen LogP contribution in [-0.4, -0.2) is 26.8 Å². The Morgan fingerprint density at radius 2 is 1.45 bits per heavy atom. The summed E-state index contributed by atoms with van der Waals surface area (Å²) >= 11 is 0. The van der Waals surface area contributed by atoms with Crippen LogP contribution in [0.4, 0.5) is 5.69 Å². The molecule has 0 radical (unpaired) electrons. The summed E-state index contributed by atoms with van der Waals surface area (Å²) in [5.74, 6) is 0. The molecule has 0 saturated heterocycles. The molecule has 4 aromatic rings. The molecule has 0 fully saturated rings. The van der Waals surface area contributed by atoms with Crippen LogP contribution in [0.3, 0.4) is 0 Å². The van der Waals surface area contributed by atoms with Crippen molar-refractivity contribution >= 4 is 16.6 Å². The van der Waals surface area contributed by atoms with Crippen molar-refractivity contribution in [1.29, 1.82) is 0 Å². The first kappa shape index (κ1) is 20.7. The molecule has 6 nitrogen and oxygen atoms in total. The average Bonchev–Trinajstić information content (AvgIpc) is 3.19. The van der Waals surface area contributed by atoms with Gasteiger partial charge in [0, 0.05) is 44.8 Å². The van der Waals surface area contributed by atoms with E-state index in [0.717, 1.165) is 41.3 Å².